The van der Waals surface area contributed by atoms with E-state index in [1.807, 2.05) is 13.8 Å². The van der Waals surface area contributed by atoms with E-state index in [0.29, 0.717) is 0 Å². The highest BCUT2D eigenvalue weighted by Crippen LogP contribution is 2.19. The summed E-state index contributed by atoms with van der Waals surface area (Å²) in [6.45, 7) is 5.21. The molecule has 0 heterocycles. The maximum Gasteiger partial charge on any atom is 0.338 e. The van der Waals surface area contributed by atoms with Crippen LogP contribution in [0.15, 0.2) is 17.0 Å². The van der Waals surface area contributed by atoms with Crippen LogP contribution in [0.2, 0.25) is 0 Å². The van der Waals surface area contributed by atoms with Crippen LogP contribution in [-0.4, -0.2) is 26.0 Å². The van der Waals surface area contributed by atoms with E-state index < -0.39 is 27.4 Å². The van der Waals surface area contributed by atoms with Gasteiger partial charge < -0.3 is 5.11 Å². The summed E-state index contributed by atoms with van der Waals surface area (Å²) in [6.07, 6.45) is 0. The van der Waals surface area contributed by atoms with E-state index in [2.05, 4.69) is 4.72 Å². The number of hydrogen-bond acceptors (Lipinski definition) is 3. The zero-order chi connectivity index (χ0) is 14.8. The second-order valence-corrected chi connectivity index (χ2v) is 6.42. The highest BCUT2D eigenvalue weighted by Gasteiger charge is 2.21. The number of carboxylic acids is 1. The zero-order valence-corrected chi connectivity index (χ0v) is 11.7. The maximum atomic E-state index is 13.5. The van der Waals surface area contributed by atoms with E-state index in [1.165, 1.54) is 6.92 Å². The number of hydrogen-bond donors (Lipinski definition) is 2. The Morgan fingerprint density at radius 1 is 1.42 bits per heavy atom. The third-order valence-electron chi connectivity index (χ3n) is 2.45. The van der Waals surface area contributed by atoms with E-state index in [9.17, 15) is 17.6 Å². The lowest BCUT2D eigenvalue weighted by molar-refractivity contribution is 0.0691. The van der Waals surface area contributed by atoms with Crippen molar-refractivity contribution in [3.05, 3.63) is 29.1 Å². The van der Waals surface area contributed by atoms with Crippen LogP contribution >= 0.6 is 0 Å². The van der Waals surface area contributed by atoms with Crippen molar-refractivity contribution in [1.82, 2.24) is 4.72 Å². The predicted molar refractivity (Wildman–Crippen MR) is 68.1 cm³/mol. The molecule has 2 N–H and O–H groups in total. The summed E-state index contributed by atoms with van der Waals surface area (Å²) >= 11 is 0. The number of carbonyl (C=O) groups is 1. The molecule has 1 rings (SSSR count). The summed E-state index contributed by atoms with van der Waals surface area (Å²) in [5, 5.41) is 8.84. The molecule has 0 saturated heterocycles. The second kappa shape index (κ2) is 5.66. The largest absolute Gasteiger partial charge is 0.478 e. The molecule has 1 aromatic rings. The Morgan fingerprint density at radius 2 is 2.00 bits per heavy atom. The Balaban J connectivity index is 3.25. The number of benzene rings is 1. The van der Waals surface area contributed by atoms with Gasteiger partial charge in [-0.2, -0.15) is 0 Å². The van der Waals surface area contributed by atoms with E-state index in [1.54, 1.807) is 0 Å². The van der Waals surface area contributed by atoms with Gasteiger partial charge in [-0.1, -0.05) is 13.8 Å². The molecule has 5 nitrogen and oxygen atoms in total. The van der Waals surface area contributed by atoms with Crippen LogP contribution in [0.3, 0.4) is 0 Å². The van der Waals surface area contributed by atoms with Gasteiger partial charge in [0.05, 0.1) is 10.5 Å². The smallest absolute Gasteiger partial charge is 0.338 e. The normalized spacial score (nSPS) is 11.8. The average molecular weight is 289 g/mol. The molecule has 0 aromatic heterocycles. The molecule has 7 heteroatoms. The Labute approximate surface area is 111 Å². The van der Waals surface area contributed by atoms with E-state index in [-0.39, 0.29) is 22.9 Å². The van der Waals surface area contributed by atoms with Crippen molar-refractivity contribution in [2.45, 2.75) is 25.7 Å². The average Bonchev–Trinajstić information content (AvgIpc) is 2.29. The standard InChI is InChI=1S/C12H16FNO4S/c1-7(2)6-14-19(17,18)9-4-8(3)11(13)10(5-9)12(15)16/h4-5,7,14H,6H2,1-3H3,(H,15,16). The summed E-state index contributed by atoms with van der Waals surface area (Å²) in [4.78, 5) is 10.6. The van der Waals surface area contributed by atoms with Gasteiger partial charge >= 0.3 is 5.97 Å². The van der Waals surface area contributed by atoms with Crippen LogP contribution in [0.1, 0.15) is 29.8 Å². The lowest BCUT2D eigenvalue weighted by Crippen LogP contribution is -2.28. The first-order valence-electron chi connectivity index (χ1n) is 5.68. The topological polar surface area (TPSA) is 83.5 Å². The molecule has 0 aliphatic rings. The minimum Gasteiger partial charge on any atom is -0.478 e. The van der Waals surface area contributed by atoms with Crippen molar-refractivity contribution in [1.29, 1.82) is 0 Å². The minimum atomic E-state index is -3.83. The molecule has 0 spiro atoms. The fourth-order valence-corrected chi connectivity index (χ4v) is 2.73. The first-order valence-corrected chi connectivity index (χ1v) is 7.16. The van der Waals surface area contributed by atoms with Gasteiger partial charge in [-0.3, -0.25) is 0 Å². The molecule has 0 unspecified atom stereocenters. The molecular weight excluding hydrogens is 273 g/mol. The first kappa shape index (κ1) is 15.6. The number of halogens is 1. The van der Waals surface area contributed by atoms with Gasteiger partial charge in [0.1, 0.15) is 5.82 Å². The van der Waals surface area contributed by atoms with Crippen molar-refractivity contribution < 1.29 is 22.7 Å². The highest BCUT2D eigenvalue weighted by atomic mass is 32.2. The summed E-state index contributed by atoms with van der Waals surface area (Å²) in [7, 11) is -3.83. The Bertz CT molecular complexity index is 596. The van der Waals surface area contributed by atoms with Gasteiger partial charge in [-0.15, -0.1) is 0 Å². The molecule has 0 atom stereocenters. The lowest BCUT2D eigenvalue weighted by atomic mass is 10.1. The fraction of sp³-hybridized carbons (Fsp3) is 0.417. The number of rotatable bonds is 5. The van der Waals surface area contributed by atoms with Gasteiger partial charge in [-0.25, -0.2) is 22.3 Å². The number of nitrogens with one attached hydrogen (secondary N) is 1. The van der Waals surface area contributed by atoms with Gasteiger partial charge in [0.25, 0.3) is 0 Å². The van der Waals surface area contributed by atoms with E-state index in [4.69, 9.17) is 5.11 Å². The second-order valence-electron chi connectivity index (χ2n) is 4.65. The minimum absolute atomic E-state index is 0.0233. The summed E-state index contributed by atoms with van der Waals surface area (Å²) in [5.41, 5.74) is -0.672. The molecule has 0 saturated carbocycles. The van der Waals surface area contributed by atoms with Gasteiger partial charge in [0.2, 0.25) is 10.0 Å². The molecule has 0 aliphatic heterocycles. The summed E-state index contributed by atoms with van der Waals surface area (Å²) < 4.78 is 39.8. The van der Waals surface area contributed by atoms with Gasteiger partial charge in [-0.05, 0) is 30.5 Å². The SMILES string of the molecule is Cc1cc(S(=O)(=O)NCC(C)C)cc(C(=O)O)c1F. The number of carboxylic acid groups (broad SMARTS) is 1. The summed E-state index contributed by atoms with van der Waals surface area (Å²) in [6, 6.07) is 1.94. The van der Waals surface area contributed by atoms with Crippen LogP contribution in [0.25, 0.3) is 0 Å². The Morgan fingerprint density at radius 3 is 2.47 bits per heavy atom. The molecule has 106 valence electrons. The molecule has 0 fully saturated rings. The monoisotopic (exact) mass is 289 g/mol. The molecule has 1 aromatic carbocycles. The fourth-order valence-electron chi connectivity index (χ4n) is 1.41. The number of aromatic carboxylic acids is 1. The van der Waals surface area contributed by atoms with Crippen LogP contribution in [0.4, 0.5) is 4.39 Å². The van der Waals surface area contributed by atoms with E-state index >= 15 is 0 Å². The number of sulfonamides is 1. The highest BCUT2D eigenvalue weighted by molar-refractivity contribution is 7.89. The third-order valence-corrected chi connectivity index (χ3v) is 3.85. The Kier molecular flexibility index (Phi) is 4.65. The lowest BCUT2D eigenvalue weighted by Gasteiger charge is -2.11. The van der Waals surface area contributed by atoms with Gasteiger partial charge in [0, 0.05) is 6.54 Å². The zero-order valence-electron chi connectivity index (χ0n) is 10.9. The molecule has 0 bridgehead atoms. The van der Waals surface area contributed by atoms with Crippen molar-refractivity contribution in [2.75, 3.05) is 6.54 Å². The molecule has 0 aliphatic carbocycles. The van der Waals surface area contributed by atoms with Crippen LogP contribution < -0.4 is 4.72 Å². The van der Waals surface area contributed by atoms with Crippen molar-refractivity contribution in [2.24, 2.45) is 5.92 Å². The first-order chi connectivity index (χ1) is 8.65. The van der Waals surface area contributed by atoms with Crippen LogP contribution in [0, 0.1) is 18.7 Å². The third kappa shape index (κ3) is 3.74. The van der Waals surface area contributed by atoms with Crippen molar-refractivity contribution in [3.63, 3.8) is 0 Å². The number of aryl methyl sites for hydroxylation is 1. The van der Waals surface area contributed by atoms with Crippen molar-refractivity contribution in [3.8, 4) is 0 Å². The van der Waals surface area contributed by atoms with Crippen LogP contribution in [0.5, 0.6) is 0 Å². The van der Waals surface area contributed by atoms with Gasteiger partial charge in [0.15, 0.2) is 0 Å². The van der Waals surface area contributed by atoms with E-state index in [0.717, 1.165) is 12.1 Å². The van der Waals surface area contributed by atoms with Crippen LogP contribution in [-0.2, 0) is 10.0 Å². The summed E-state index contributed by atoms with van der Waals surface area (Å²) in [5.74, 6) is -2.31. The maximum absolute atomic E-state index is 13.5. The molecule has 0 amide bonds. The molecule has 0 radical (unpaired) electrons. The Hall–Kier alpha value is -1.47. The van der Waals surface area contributed by atoms with Crippen molar-refractivity contribution >= 4 is 16.0 Å². The molecule has 19 heavy (non-hydrogen) atoms. The quantitative estimate of drug-likeness (QED) is 0.865. The predicted octanol–water partition coefficient (Wildman–Crippen LogP) is 1.77. The molecular formula is C12H16FNO4S.